The SMILES string of the molecule is CNc1nnc(C(=O)Nc2c(Cl)cc(Cl)c3c2N=S=N3)s1. The van der Waals surface area contributed by atoms with E-state index in [9.17, 15) is 4.79 Å². The molecule has 21 heavy (non-hydrogen) atoms. The van der Waals surface area contributed by atoms with Gasteiger partial charge in [0.2, 0.25) is 10.1 Å². The molecule has 0 unspecified atom stereocenters. The van der Waals surface area contributed by atoms with Crippen LogP contribution in [0.2, 0.25) is 10.0 Å². The van der Waals surface area contributed by atoms with Crippen LogP contribution in [0.1, 0.15) is 9.80 Å². The number of benzene rings is 1. The zero-order valence-corrected chi connectivity index (χ0v) is 13.5. The fraction of sp³-hybridized carbons (Fsp3) is 0.100. The van der Waals surface area contributed by atoms with Gasteiger partial charge in [0.1, 0.15) is 11.4 Å². The number of carbonyl (C=O) groups is 1. The number of amides is 1. The molecule has 108 valence electrons. The van der Waals surface area contributed by atoms with Gasteiger partial charge in [-0.1, -0.05) is 34.5 Å². The minimum atomic E-state index is -0.424. The lowest BCUT2D eigenvalue weighted by atomic mass is 10.2. The third-order valence-corrected chi connectivity index (χ3v) is 4.57. The Morgan fingerprint density at radius 2 is 1.95 bits per heavy atom. The maximum absolute atomic E-state index is 12.2. The van der Waals surface area contributed by atoms with Gasteiger partial charge in [0.25, 0.3) is 5.91 Å². The van der Waals surface area contributed by atoms with Crippen molar-refractivity contribution in [2.45, 2.75) is 0 Å². The van der Waals surface area contributed by atoms with E-state index in [1.165, 1.54) is 6.07 Å². The van der Waals surface area contributed by atoms with Gasteiger partial charge in [-0.25, -0.2) is 0 Å². The van der Waals surface area contributed by atoms with Crippen LogP contribution in [-0.4, -0.2) is 23.2 Å². The molecule has 2 aromatic rings. The number of carbonyl (C=O) groups excluding carboxylic acids is 1. The molecule has 1 aliphatic rings. The highest BCUT2D eigenvalue weighted by Crippen LogP contribution is 2.47. The summed E-state index contributed by atoms with van der Waals surface area (Å²) in [6, 6.07) is 1.52. The van der Waals surface area contributed by atoms with Gasteiger partial charge in [-0.05, 0) is 6.07 Å². The van der Waals surface area contributed by atoms with Crippen molar-refractivity contribution < 1.29 is 4.79 Å². The van der Waals surface area contributed by atoms with Crippen LogP contribution in [0.5, 0.6) is 0 Å². The first kappa shape index (κ1) is 14.4. The van der Waals surface area contributed by atoms with E-state index in [4.69, 9.17) is 23.2 Å². The number of hydrogen-bond acceptors (Lipinski definition) is 7. The summed E-state index contributed by atoms with van der Waals surface area (Å²) >= 11 is 14.3. The Labute approximate surface area is 136 Å². The van der Waals surface area contributed by atoms with Crippen molar-refractivity contribution in [3.05, 3.63) is 21.1 Å². The fourth-order valence-electron chi connectivity index (χ4n) is 1.58. The van der Waals surface area contributed by atoms with Crippen LogP contribution in [-0.2, 0) is 11.4 Å². The molecule has 2 N–H and O–H groups in total. The van der Waals surface area contributed by atoms with Gasteiger partial charge in [0.15, 0.2) is 0 Å². The average molecular weight is 361 g/mol. The molecule has 7 nitrogen and oxygen atoms in total. The maximum atomic E-state index is 12.2. The summed E-state index contributed by atoms with van der Waals surface area (Å²) < 4.78 is 8.18. The lowest BCUT2D eigenvalue weighted by Gasteiger charge is -2.09. The van der Waals surface area contributed by atoms with Crippen LogP contribution < -0.4 is 10.6 Å². The minimum Gasteiger partial charge on any atom is -0.363 e. The molecule has 0 atom stereocenters. The van der Waals surface area contributed by atoms with Crippen LogP contribution in [0.3, 0.4) is 0 Å². The largest absolute Gasteiger partial charge is 0.363 e. The number of nitrogens with zero attached hydrogens (tertiary/aromatic N) is 4. The monoisotopic (exact) mass is 360 g/mol. The summed E-state index contributed by atoms with van der Waals surface area (Å²) in [4.78, 5) is 12.2. The molecule has 0 fully saturated rings. The molecule has 1 aromatic carbocycles. The van der Waals surface area contributed by atoms with Crippen molar-refractivity contribution in [3.63, 3.8) is 0 Å². The van der Waals surface area contributed by atoms with E-state index in [1.807, 2.05) is 0 Å². The third kappa shape index (κ3) is 2.64. The second kappa shape index (κ2) is 5.68. The van der Waals surface area contributed by atoms with E-state index in [-0.39, 0.29) is 10.0 Å². The number of hydrogen-bond donors (Lipinski definition) is 2. The van der Waals surface area contributed by atoms with Crippen LogP contribution in [0.25, 0.3) is 0 Å². The molecular weight excluding hydrogens is 355 g/mol. The Balaban J connectivity index is 1.94. The summed E-state index contributed by atoms with van der Waals surface area (Å²) in [6.45, 7) is 0. The first-order valence-corrected chi connectivity index (χ1v) is 7.83. The second-order valence-electron chi connectivity index (χ2n) is 3.79. The van der Waals surface area contributed by atoms with Crippen molar-refractivity contribution in [2.24, 2.45) is 8.73 Å². The molecule has 1 aliphatic heterocycles. The van der Waals surface area contributed by atoms with Gasteiger partial charge in [0, 0.05) is 7.05 Å². The summed E-state index contributed by atoms with van der Waals surface area (Å²) in [5, 5.41) is 14.5. The zero-order chi connectivity index (χ0) is 15.0. The van der Waals surface area contributed by atoms with Crippen LogP contribution in [0, 0.1) is 0 Å². The van der Waals surface area contributed by atoms with Gasteiger partial charge in [-0.3, -0.25) is 4.79 Å². The smallest absolute Gasteiger partial charge is 0.286 e. The molecule has 1 aromatic heterocycles. The molecule has 11 heteroatoms. The molecule has 0 aliphatic carbocycles. The Morgan fingerprint density at radius 1 is 1.19 bits per heavy atom. The summed E-state index contributed by atoms with van der Waals surface area (Å²) in [5.74, 6) is -0.424. The first-order chi connectivity index (χ1) is 10.1. The van der Waals surface area contributed by atoms with E-state index in [0.29, 0.717) is 27.2 Å². The summed E-state index contributed by atoms with van der Waals surface area (Å²) in [6.07, 6.45) is 0. The highest BCUT2D eigenvalue weighted by Gasteiger charge is 2.22. The number of rotatable bonds is 3. The van der Waals surface area contributed by atoms with Gasteiger partial charge in [0.05, 0.1) is 27.1 Å². The minimum absolute atomic E-state index is 0.210. The van der Waals surface area contributed by atoms with Gasteiger partial charge in [-0.2, -0.15) is 8.73 Å². The second-order valence-corrected chi connectivity index (χ2v) is 6.11. The number of fused-ring (bicyclic) bond motifs is 1. The standard InChI is InChI=1S/C10H6Cl2N6OS2/c1-13-10-16-15-9(20-10)8(19)14-5-3(11)2-4(12)6-7(5)18-21-17-6/h2H,1H3,(H,13,16)(H,14,19). The summed E-state index contributed by atoms with van der Waals surface area (Å²) in [5.41, 5.74) is 1.30. The van der Waals surface area contributed by atoms with E-state index >= 15 is 0 Å². The first-order valence-electron chi connectivity index (χ1n) is 5.53. The highest BCUT2D eigenvalue weighted by atomic mass is 35.5. The summed E-state index contributed by atoms with van der Waals surface area (Å²) in [7, 11) is 1.70. The molecule has 3 rings (SSSR count). The molecule has 0 radical (unpaired) electrons. The molecule has 1 amide bonds. The topological polar surface area (TPSA) is 91.6 Å². The maximum Gasteiger partial charge on any atom is 0.286 e. The average Bonchev–Trinajstić information content (AvgIpc) is 3.11. The predicted octanol–water partition coefficient (Wildman–Crippen LogP) is 3.87. The van der Waals surface area contributed by atoms with Crippen molar-refractivity contribution >= 4 is 74.0 Å². The van der Waals surface area contributed by atoms with Crippen molar-refractivity contribution in [1.82, 2.24) is 10.2 Å². The number of halogens is 2. The van der Waals surface area contributed by atoms with E-state index in [1.54, 1.807) is 7.05 Å². The molecular formula is C10H6Cl2N6OS2. The molecule has 0 bridgehead atoms. The van der Waals surface area contributed by atoms with Crippen LogP contribution in [0.4, 0.5) is 22.2 Å². The molecule has 0 saturated heterocycles. The number of aromatic nitrogens is 2. The normalized spacial score (nSPS) is 12.0. The molecule has 2 heterocycles. The lowest BCUT2D eigenvalue weighted by molar-refractivity contribution is 0.102. The lowest BCUT2D eigenvalue weighted by Crippen LogP contribution is -2.12. The Bertz CT molecular complexity index is 814. The predicted molar refractivity (Wildman–Crippen MR) is 85.4 cm³/mol. The van der Waals surface area contributed by atoms with E-state index in [0.717, 1.165) is 22.7 Å². The zero-order valence-electron chi connectivity index (χ0n) is 10.3. The van der Waals surface area contributed by atoms with Crippen LogP contribution in [0.15, 0.2) is 14.8 Å². The Kier molecular flexibility index (Phi) is 3.89. The van der Waals surface area contributed by atoms with Gasteiger partial charge in [-0.15, -0.1) is 10.2 Å². The third-order valence-electron chi connectivity index (χ3n) is 2.52. The van der Waals surface area contributed by atoms with E-state index < -0.39 is 5.91 Å². The number of nitrogens with one attached hydrogen (secondary N) is 2. The molecule has 0 spiro atoms. The van der Waals surface area contributed by atoms with E-state index in [2.05, 4.69) is 29.6 Å². The Morgan fingerprint density at radius 3 is 2.67 bits per heavy atom. The van der Waals surface area contributed by atoms with Crippen LogP contribution >= 0.6 is 34.5 Å². The van der Waals surface area contributed by atoms with Crippen molar-refractivity contribution in [2.75, 3.05) is 17.7 Å². The van der Waals surface area contributed by atoms with Crippen molar-refractivity contribution in [1.29, 1.82) is 0 Å². The Hall–Kier alpha value is -1.55. The van der Waals surface area contributed by atoms with Crippen molar-refractivity contribution in [3.8, 4) is 0 Å². The van der Waals surface area contributed by atoms with Gasteiger partial charge >= 0.3 is 0 Å². The highest BCUT2D eigenvalue weighted by molar-refractivity contribution is 7.58. The number of anilines is 2. The quantitative estimate of drug-likeness (QED) is 0.741. The fourth-order valence-corrected chi connectivity index (χ4v) is 3.33. The molecule has 0 saturated carbocycles. The van der Waals surface area contributed by atoms with Gasteiger partial charge < -0.3 is 10.6 Å².